The Bertz CT molecular complexity index is 1270. The maximum atomic E-state index is 13.3. The number of aromatic nitrogens is 2. The molecule has 0 aliphatic carbocycles. The van der Waals surface area contributed by atoms with Crippen molar-refractivity contribution in [1.82, 2.24) is 9.66 Å². The molecular formula is C24H24Br2ClN3O3. The fourth-order valence-electron chi connectivity index (χ4n) is 3.14. The minimum Gasteiger partial charge on any atom is -0.490 e. The third-order valence-corrected chi connectivity index (χ3v) is 6.94. The predicted octanol–water partition coefficient (Wildman–Crippen LogP) is 6.93. The molecule has 1 atom stereocenters. The van der Waals surface area contributed by atoms with Crippen LogP contribution in [0.2, 0.25) is 5.02 Å². The smallest absolute Gasteiger partial charge is 0.282 e. The Hall–Kier alpha value is -2.16. The van der Waals surface area contributed by atoms with Crippen LogP contribution in [0.25, 0.3) is 10.9 Å². The molecule has 0 amide bonds. The highest BCUT2D eigenvalue weighted by Crippen LogP contribution is 2.42. The SMILES string of the molecule is C=CCOc1c(OCC)cc(C=Nn2c([C@@H](C)CC)nc3ccc(Br)cc3c2=O)c(Br)c1Cl. The van der Waals surface area contributed by atoms with Crippen molar-refractivity contribution in [3.8, 4) is 11.5 Å². The van der Waals surface area contributed by atoms with E-state index in [1.807, 2.05) is 32.9 Å². The fourth-order valence-corrected chi connectivity index (χ4v) is 4.15. The van der Waals surface area contributed by atoms with Gasteiger partial charge < -0.3 is 9.47 Å². The maximum Gasteiger partial charge on any atom is 0.282 e. The number of nitrogens with zero attached hydrogens (tertiary/aromatic N) is 3. The van der Waals surface area contributed by atoms with Crippen LogP contribution < -0.4 is 15.0 Å². The van der Waals surface area contributed by atoms with Gasteiger partial charge in [-0.1, -0.05) is 54.0 Å². The van der Waals surface area contributed by atoms with E-state index in [4.69, 9.17) is 26.1 Å². The Morgan fingerprint density at radius 2 is 2.03 bits per heavy atom. The van der Waals surface area contributed by atoms with Gasteiger partial charge in [0.05, 0.1) is 23.7 Å². The lowest BCUT2D eigenvalue weighted by Gasteiger charge is -2.16. The van der Waals surface area contributed by atoms with Gasteiger partial charge in [0.2, 0.25) is 0 Å². The Kier molecular flexibility index (Phi) is 8.73. The lowest BCUT2D eigenvalue weighted by molar-refractivity contribution is 0.297. The summed E-state index contributed by atoms with van der Waals surface area (Å²) < 4.78 is 14.1. The minimum atomic E-state index is -0.244. The van der Waals surface area contributed by atoms with Gasteiger partial charge in [-0.2, -0.15) is 9.78 Å². The second-order valence-corrected chi connectivity index (χ2v) is 9.34. The molecule has 0 aliphatic rings. The molecule has 6 nitrogen and oxygen atoms in total. The van der Waals surface area contributed by atoms with E-state index in [9.17, 15) is 4.79 Å². The van der Waals surface area contributed by atoms with Crippen LogP contribution in [0.15, 0.2) is 55.8 Å². The van der Waals surface area contributed by atoms with Crippen molar-refractivity contribution in [3.05, 3.63) is 72.6 Å². The molecule has 0 unspecified atom stereocenters. The van der Waals surface area contributed by atoms with E-state index >= 15 is 0 Å². The Morgan fingerprint density at radius 3 is 2.70 bits per heavy atom. The third kappa shape index (κ3) is 5.50. The van der Waals surface area contributed by atoms with Crippen molar-refractivity contribution in [2.24, 2.45) is 5.10 Å². The van der Waals surface area contributed by atoms with Gasteiger partial charge in [-0.15, -0.1) is 0 Å². The number of hydrogen-bond donors (Lipinski definition) is 0. The number of halogens is 3. The first-order valence-electron chi connectivity index (χ1n) is 10.5. The summed E-state index contributed by atoms with van der Waals surface area (Å²) in [5.74, 6) is 1.51. The molecule has 0 spiro atoms. The number of fused-ring (bicyclic) bond motifs is 1. The van der Waals surface area contributed by atoms with Crippen molar-refractivity contribution >= 4 is 60.6 Å². The third-order valence-electron chi connectivity index (χ3n) is 5.00. The fraction of sp³-hybridized carbons (Fsp3) is 0.292. The van der Waals surface area contributed by atoms with Gasteiger partial charge in [-0.25, -0.2) is 4.98 Å². The molecule has 3 rings (SSSR count). The second kappa shape index (κ2) is 11.3. The van der Waals surface area contributed by atoms with Gasteiger partial charge in [-0.3, -0.25) is 4.79 Å². The molecule has 0 radical (unpaired) electrons. The quantitative estimate of drug-likeness (QED) is 0.198. The van der Waals surface area contributed by atoms with E-state index in [1.54, 1.807) is 24.4 Å². The van der Waals surface area contributed by atoms with Crippen molar-refractivity contribution in [1.29, 1.82) is 0 Å². The van der Waals surface area contributed by atoms with E-state index in [0.29, 0.717) is 49.9 Å². The summed E-state index contributed by atoms with van der Waals surface area (Å²) in [5, 5.41) is 5.35. The molecule has 0 saturated carbocycles. The monoisotopic (exact) mass is 595 g/mol. The molecular weight excluding hydrogens is 574 g/mol. The van der Waals surface area contributed by atoms with E-state index < -0.39 is 0 Å². The van der Waals surface area contributed by atoms with Gasteiger partial charge in [0, 0.05) is 20.4 Å². The first-order valence-corrected chi connectivity index (χ1v) is 12.4. The van der Waals surface area contributed by atoms with Crippen LogP contribution in [0, 0.1) is 0 Å². The van der Waals surface area contributed by atoms with Gasteiger partial charge in [0.1, 0.15) is 17.5 Å². The van der Waals surface area contributed by atoms with Gasteiger partial charge in [-0.05, 0) is 53.5 Å². The molecule has 0 N–H and O–H groups in total. The van der Waals surface area contributed by atoms with Crippen LogP contribution in [-0.2, 0) is 0 Å². The predicted molar refractivity (Wildman–Crippen MR) is 141 cm³/mol. The zero-order valence-electron chi connectivity index (χ0n) is 18.6. The van der Waals surface area contributed by atoms with Crippen LogP contribution >= 0.6 is 43.5 Å². The lowest BCUT2D eigenvalue weighted by Crippen LogP contribution is -2.23. The standard InChI is InChI=1S/C24H24Br2ClN3O3/c1-5-10-33-22-19(32-7-3)11-15(20(26)21(22)27)13-28-30-23(14(4)6-2)29-18-9-8-16(25)12-17(18)24(30)31/h5,8-9,11-14H,1,6-7,10H2,2-4H3/t14-/m0/s1. The van der Waals surface area contributed by atoms with Gasteiger partial charge in [0.25, 0.3) is 5.56 Å². The average Bonchev–Trinajstić information content (AvgIpc) is 2.81. The molecule has 0 fully saturated rings. The molecule has 1 heterocycles. The number of benzene rings is 2. The van der Waals surface area contributed by atoms with E-state index in [0.717, 1.165) is 10.9 Å². The summed E-state index contributed by atoms with van der Waals surface area (Å²) in [4.78, 5) is 18.1. The van der Waals surface area contributed by atoms with Crippen LogP contribution in [0.5, 0.6) is 11.5 Å². The summed E-state index contributed by atoms with van der Waals surface area (Å²) in [6.07, 6.45) is 4.00. The van der Waals surface area contributed by atoms with Crippen LogP contribution in [0.3, 0.4) is 0 Å². The van der Waals surface area contributed by atoms with Gasteiger partial charge in [0.15, 0.2) is 11.5 Å². The topological polar surface area (TPSA) is 65.7 Å². The lowest BCUT2D eigenvalue weighted by atomic mass is 10.1. The Labute approximate surface area is 214 Å². The molecule has 3 aromatic rings. The first-order chi connectivity index (χ1) is 15.8. The highest BCUT2D eigenvalue weighted by molar-refractivity contribution is 9.10. The second-order valence-electron chi connectivity index (χ2n) is 7.26. The van der Waals surface area contributed by atoms with Crippen molar-refractivity contribution in [3.63, 3.8) is 0 Å². The normalized spacial score (nSPS) is 12.3. The summed E-state index contributed by atoms with van der Waals surface area (Å²) in [6, 6.07) is 7.21. The molecule has 9 heteroatoms. The van der Waals surface area contributed by atoms with Crippen LogP contribution in [0.4, 0.5) is 0 Å². The Balaban J connectivity index is 2.18. The molecule has 1 aromatic heterocycles. The molecule has 0 aliphatic heterocycles. The van der Waals surface area contributed by atoms with Crippen molar-refractivity contribution in [2.75, 3.05) is 13.2 Å². The Morgan fingerprint density at radius 1 is 1.27 bits per heavy atom. The molecule has 2 aromatic carbocycles. The number of ether oxygens (including phenoxy) is 2. The van der Waals surface area contributed by atoms with E-state index in [-0.39, 0.29) is 18.1 Å². The minimum absolute atomic E-state index is 0.0311. The van der Waals surface area contributed by atoms with Crippen LogP contribution in [0.1, 0.15) is 44.5 Å². The number of hydrogen-bond acceptors (Lipinski definition) is 5. The highest BCUT2D eigenvalue weighted by Gasteiger charge is 2.19. The zero-order chi connectivity index (χ0) is 24.1. The number of rotatable bonds is 9. The molecule has 0 bridgehead atoms. The summed E-state index contributed by atoms with van der Waals surface area (Å²) in [6.45, 7) is 10.3. The van der Waals surface area contributed by atoms with E-state index in [1.165, 1.54) is 4.68 Å². The average molecular weight is 598 g/mol. The maximum absolute atomic E-state index is 13.3. The molecule has 33 heavy (non-hydrogen) atoms. The molecule has 174 valence electrons. The van der Waals surface area contributed by atoms with E-state index in [2.05, 4.69) is 43.5 Å². The molecule has 0 saturated heterocycles. The first kappa shape index (κ1) is 25.5. The van der Waals surface area contributed by atoms with Crippen molar-refractivity contribution < 1.29 is 9.47 Å². The van der Waals surface area contributed by atoms with Gasteiger partial charge >= 0.3 is 0 Å². The summed E-state index contributed by atoms with van der Waals surface area (Å²) >= 11 is 13.5. The zero-order valence-corrected chi connectivity index (χ0v) is 22.5. The van der Waals surface area contributed by atoms with Crippen molar-refractivity contribution in [2.45, 2.75) is 33.1 Å². The summed E-state index contributed by atoms with van der Waals surface area (Å²) in [5.41, 5.74) is 1.02. The van der Waals surface area contributed by atoms with Crippen LogP contribution in [-0.4, -0.2) is 29.1 Å². The highest BCUT2D eigenvalue weighted by atomic mass is 79.9. The largest absolute Gasteiger partial charge is 0.490 e. The summed E-state index contributed by atoms with van der Waals surface area (Å²) in [7, 11) is 0.